The summed E-state index contributed by atoms with van der Waals surface area (Å²) in [7, 11) is 0. The van der Waals surface area contributed by atoms with Crippen molar-refractivity contribution in [2.24, 2.45) is 0 Å². The molecule has 0 aliphatic carbocycles. The average Bonchev–Trinajstić information content (AvgIpc) is 2.93. The summed E-state index contributed by atoms with van der Waals surface area (Å²) in [5.74, 6) is 0.599. The molecule has 1 aromatic heterocycles. The second kappa shape index (κ2) is 7.31. The van der Waals surface area contributed by atoms with Crippen LogP contribution in [0.15, 0.2) is 33.6 Å². The monoisotopic (exact) mass is 292 g/mol. The fourth-order valence-electron chi connectivity index (χ4n) is 1.73. The van der Waals surface area contributed by atoms with Crippen molar-refractivity contribution in [1.82, 2.24) is 15.5 Å². The van der Waals surface area contributed by atoms with Gasteiger partial charge in [0, 0.05) is 10.6 Å². The van der Waals surface area contributed by atoms with E-state index < -0.39 is 0 Å². The van der Waals surface area contributed by atoms with Crippen molar-refractivity contribution in [3.05, 3.63) is 30.2 Å². The summed E-state index contributed by atoms with van der Waals surface area (Å²) in [5, 5.41) is 14.5. The van der Waals surface area contributed by atoms with Crippen LogP contribution in [0.25, 0.3) is 0 Å². The van der Waals surface area contributed by atoms with Crippen LogP contribution in [0.5, 0.6) is 0 Å². The van der Waals surface area contributed by atoms with E-state index in [2.05, 4.69) is 33.8 Å². The lowest BCUT2D eigenvalue weighted by molar-refractivity contribution is 0.424. The van der Waals surface area contributed by atoms with Gasteiger partial charge in [-0.25, -0.2) is 0 Å². The third kappa shape index (κ3) is 3.98. The Morgan fingerprint density at radius 3 is 2.95 bits per heavy atom. The second-order valence-electron chi connectivity index (χ2n) is 4.48. The Morgan fingerprint density at radius 1 is 1.35 bits per heavy atom. The highest BCUT2D eigenvalue weighted by Gasteiger charge is 2.13. The van der Waals surface area contributed by atoms with E-state index in [1.54, 1.807) is 11.8 Å². The minimum Gasteiger partial charge on any atom is -0.406 e. The Morgan fingerprint density at radius 2 is 2.20 bits per heavy atom. The van der Waals surface area contributed by atoms with E-state index in [4.69, 9.17) is 4.42 Å². The van der Waals surface area contributed by atoms with Crippen molar-refractivity contribution in [1.29, 1.82) is 0 Å². The van der Waals surface area contributed by atoms with Crippen LogP contribution in [0, 0.1) is 0 Å². The standard InChI is InChI=1S/C14H20N4OS/c1-4-8-15-10(2)13-17-18-14(19-13)16-11-6-5-7-12(9-11)20-3/h5-7,9-10,15H,4,8H2,1-3H3,(H,16,18). The van der Waals surface area contributed by atoms with E-state index in [-0.39, 0.29) is 6.04 Å². The van der Waals surface area contributed by atoms with Crippen LogP contribution in [0.2, 0.25) is 0 Å². The summed E-state index contributed by atoms with van der Waals surface area (Å²) >= 11 is 1.70. The molecule has 6 heteroatoms. The van der Waals surface area contributed by atoms with Crippen LogP contribution in [0.3, 0.4) is 0 Å². The second-order valence-corrected chi connectivity index (χ2v) is 5.36. The van der Waals surface area contributed by atoms with Crippen molar-refractivity contribution < 1.29 is 4.42 Å². The van der Waals surface area contributed by atoms with Gasteiger partial charge in [0.15, 0.2) is 0 Å². The maximum Gasteiger partial charge on any atom is 0.320 e. The zero-order chi connectivity index (χ0) is 14.4. The molecule has 0 amide bonds. The molecule has 0 bridgehead atoms. The maximum absolute atomic E-state index is 5.62. The molecular weight excluding hydrogens is 272 g/mol. The van der Waals surface area contributed by atoms with Gasteiger partial charge in [-0.05, 0) is 44.3 Å². The van der Waals surface area contributed by atoms with E-state index in [1.807, 2.05) is 31.4 Å². The van der Waals surface area contributed by atoms with Crippen LogP contribution in [0.1, 0.15) is 32.2 Å². The summed E-state index contributed by atoms with van der Waals surface area (Å²) in [6.45, 7) is 5.07. The first-order chi connectivity index (χ1) is 9.72. The lowest BCUT2D eigenvalue weighted by atomic mass is 10.3. The molecule has 108 valence electrons. The van der Waals surface area contributed by atoms with Gasteiger partial charge < -0.3 is 15.1 Å². The molecule has 0 aliphatic rings. The number of anilines is 2. The molecule has 1 aromatic carbocycles. The third-order valence-corrected chi connectivity index (χ3v) is 3.56. The number of nitrogens with zero attached hydrogens (tertiary/aromatic N) is 2. The molecule has 5 nitrogen and oxygen atoms in total. The van der Waals surface area contributed by atoms with Gasteiger partial charge in [0.05, 0.1) is 6.04 Å². The van der Waals surface area contributed by atoms with Crippen LogP contribution in [-0.2, 0) is 0 Å². The summed E-state index contributed by atoms with van der Waals surface area (Å²) in [5.41, 5.74) is 0.946. The highest BCUT2D eigenvalue weighted by atomic mass is 32.2. The zero-order valence-corrected chi connectivity index (χ0v) is 12.8. The molecule has 0 saturated carbocycles. The first-order valence-electron chi connectivity index (χ1n) is 6.70. The minimum absolute atomic E-state index is 0.0653. The predicted molar refractivity (Wildman–Crippen MR) is 82.5 cm³/mol. The molecule has 20 heavy (non-hydrogen) atoms. The van der Waals surface area contributed by atoms with E-state index in [1.165, 1.54) is 4.90 Å². The summed E-state index contributed by atoms with van der Waals surface area (Å²) in [4.78, 5) is 1.19. The van der Waals surface area contributed by atoms with Gasteiger partial charge in [-0.15, -0.1) is 16.9 Å². The molecule has 0 saturated heterocycles. The average molecular weight is 292 g/mol. The van der Waals surface area contributed by atoms with Crippen molar-refractivity contribution in [3.8, 4) is 0 Å². The number of aromatic nitrogens is 2. The molecule has 0 spiro atoms. The third-order valence-electron chi connectivity index (χ3n) is 2.83. The highest BCUT2D eigenvalue weighted by Crippen LogP contribution is 2.22. The Kier molecular flexibility index (Phi) is 5.43. The fourth-order valence-corrected chi connectivity index (χ4v) is 2.19. The molecule has 0 radical (unpaired) electrons. The summed E-state index contributed by atoms with van der Waals surface area (Å²) in [6.07, 6.45) is 3.12. The van der Waals surface area contributed by atoms with Crippen molar-refractivity contribution >= 4 is 23.5 Å². The number of hydrogen-bond acceptors (Lipinski definition) is 6. The van der Waals surface area contributed by atoms with Gasteiger partial charge in [-0.2, -0.15) is 0 Å². The quantitative estimate of drug-likeness (QED) is 0.760. The minimum atomic E-state index is 0.0653. The highest BCUT2D eigenvalue weighted by molar-refractivity contribution is 7.98. The summed E-state index contributed by atoms with van der Waals surface area (Å²) < 4.78 is 5.62. The molecular formula is C14H20N4OS. The predicted octanol–water partition coefficient (Wildman–Crippen LogP) is 3.60. The molecule has 0 fully saturated rings. The van der Waals surface area contributed by atoms with E-state index >= 15 is 0 Å². The molecule has 1 atom stereocenters. The Hall–Kier alpha value is -1.53. The van der Waals surface area contributed by atoms with Crippen LogP contribution in [0.4, 0.5) is 11.7 Å². The summed E-state index contributed by atoms with van der Waals surface area (Å²) in [6, 6.07) is 8.57. The molecule has 2 aromatic rings. The largest absolute Gasteiger partial charge is 0.406 e. The fraction of sp³-hybridized carbons (Fsp3) is 0.429. The van der Waals surface area contributed by atoms with Crippen molar-refractivity contribution in [2.45, 2.75) is 31.2 Å². The Bertz CT molecular complexity index is 543. The molecule has 2 rings (SSSR count). The van der Waals surface area contributed by atoms with Crippen LogP contribution < -0.4 is 10.6 Å². The molecule has 0 aliphatic heterocycles. The van der Waals surface area contributed by atoms with Crippen molar-refractivity contribution in [2.75, 3.05) is 18.1 Å². The van der Waals surface area contributed by atoms with Crippen molar-refractivity contribution in [3.63, 3.8) is 0 Å². The smallest absolute Gasteiger partial charge is 0.320 e. The van der Waals surface area contributed by atoms with Crippen LogP contribution >= 0.6 is 11.8 Å². The molecule has 1 unspecified atom stereocenters. The van der Waals surface area contributed by atoms with Gasteiger partial charge in [0.25, 0.3) is 0 Å². The number of benzene rings is 1. The Balaban J connectivity index is 2.01. The lowest BCUT2D eigenvalue weighted by Gasteiger charge is -2.07. The maximum atomic E-state index is 5.62. The topological polar surface area (TPSA) is 63.0 Å². The normalized spacial score (nSPS) is 12.3. The first-order valence-corrected chi connectivity index (χ1v) is 7.93. The van der Waals surface area contributed by atoms with E-state index in [9.17, 15) is 0 Å². The van der Waals surface area contributed by atoms with Gasteiger partial charge in [-0.3, -0.25) is 0 Å². The number of hydrogen-bond donors (Lipinski definition) is 2. The van der Waals surface area contributed by atoms with Gasteiger partial charge in [0.1, 0.15) is 0 Å². The zero-order valence-electron chi connectivity index (χ0n) is 12.0. The molecule has 1 heterocycles. The number of rotatable bonds is 7. The number of nitrogens with one attached hydrogen (secondary N) is 2. The first kappa shape index (κ1) is 14.9. The van der Waals surface area contributed by atoms with E-state index in [0.717, 1.165) is 18.7 Å². The van der Waals surface area contributed by atoms with Gasteiger partial charge in [0.2, 0.25) is 5.89 Å². The molecule has 2 N–H and O–H groups in total. The SMILES string of the molecule is CCCNC(C)c1nnc(Nc2cccc(SC)c2)o1. The van der Waals surface area contributed by atoms with Crippen LogP contribution in [-0.4, -0.2) is 23.0 Å². The Labute approximate surface area is 123 Å². The van der Waals surface area contributed by atoms with Gasteiger partial charge in [-0.1, -0.05) is 18.1 Å². The lowest BCUT2D eigenvalue weighted by Crippen LogP contribution is -2.19. The van der Waals surface area contributed by atoms with E-state index in [0.29, 0.717) is 11.9 Å². The number of thioether (sulfide) groups is 1. The van der Waals surface area contributed by atoms with Gasteiger partial charge >= 0.3 is 6.01 Å².